The van der Waals surface area contributed by atoms with E-state index < -0.39 is 29.3 Å². The third kappa shape index (κ3) is 3.40. The average Bonchev–Trinajstić information content (AvgIpc) is 2.82. The first kappa shape index (κ1) is 22.7. The Bertz CT molecular complexity index is 1080. The summed E-state index contributed by atoms with van der Waals surface area (Å²) in [5.74, 6) is -1.57. The summed E-state index contributed by atoms with van der Waals surface area (Å²) in [4.78, 5) is 13.9. The van der Waals surface area contributed by atoms with Gasteiger partial charge in [0.2, 0.25) is 0 Å². The zero-order chi connectivity index (χ0) is 23.5. The lowest BCUT2D eigenvalue weighted by Crippen LogP contribution is -2.53. The minimum absolute atomic E-state index is 0.131. The molecule has 1 unspecified atom stereocenters. The molecule has 1 amide bonds. The Morgan fingerprint density at radius 2 is 1.97 bits per heavy atom. The molecule has 0 spiro atoms. The molecule has 2 aliphatic rings. The first-order valence-electron chi connectivity index (χ1n) is 10.1. The highest BCUT2D eigenvalue weighted by Crippen LogP contribution is 2.55. The predicted molar refractivity (Wildman–Crippen MR) is 113 cm³/mol. The van der Waals surface area contributed by atoms with Gasteiger partial charge < -0.3 is 24.5 Å². The molecule has 164 valence electrons. The number of ether oxygens (including phenoxy) is 3. The Labute approximate surface area is 186 Å². The van der Waals surface area contributed by atoms with Gasteiger partial charge in [0.25, 0.3) is 0 Å². The van der Waals surface area contributed by atoms with Crippen molar-refractivity contribution in [2.24, 2.45) is 17.3 Å². The molecule has 1 N–H and O–H groups in total. The van der Waals surface area contributed by atoms with Gasteiger partial charge in [-0.2, -0.15) is 15.8 Å². The smallest absolute Gasteiger partial charge is 0.410 e. The third-order valence-corrected chi connectivity index (χ3v) is 6.09. The van der Waals surface area contributed by atoms with Crippen LogP contribution < -0.4 is 9.47 Å². The second-order valence-corrected chi connectivity index (χ2v) is 7.51. The zero-order valence-electron chi connectivity index (χ0n) is 18.1. The second-order valence-electron chi connectivity index (χ2n) is 7.51. The summed E-state index contributed by atoms with van der Waals surface area (Å²) in [6.07, 6.45) is 1.21. The molecule has 0 bridgehead atoms. The fraction of sp³-hybridized carbons (Fsp3) is 0.435. The van der Waals surface area contributed by atoms with Crippen LogP contribution in [0.1, 0.15) is 18.4 Å². The summed E-state index contributed by atoms with van der Waals surface area (Å²) in [7, 11) is 2.97. The minimum atomic E-state index is -1.93. The van der Waals surface area contributed by atoms with Gasteiger partial charge in [-0.1, -0.05) is 6.08 Å². The lowest BCUT2D eigenvalue weighted by Gasteiger charge is -2.47. The van der Waals surface area contributed by atoms with Gasteiger partial charge >= 0.3 is 6.09 Å². The number of amides is 1. The topological polar surface area (TPSA) is 143 Å². The van der Waals surface area contributed by atoms with Crippen molar-refractivity contribution in [1.29, 1.82) is 21.2 Å². The molecule has 9 nitrogen and oxygen atoms in total. The Balaban J connectivity index is 2.28. The van der Waals surface area contributed by atoms with Crippen LogP contribution in [0.15, 0.2) is 29.8 Å². The monoisotopic (exact) mass is 433 g/mol. The summed E-state index contributed by atoms with van der Waals surface area (Å²) < 4.78 is 16.0. The number of nitrogens with one attached hydrogen (secondary N) is 1. The number of benzene rings is 1. The maximum Gasteiger partial charge on any atom is 0.410 e. The average molecular weight is 433 g/mol. The van der Waals surface area contributed by atoms with Crippen LogP contribution in [0.2, 0.25) is 0 Å². The van der Waals surface area contributed by atoms with Gasteiger partial charge in [0.1, 0.15) is 17.4 Å². The van der Waals surface area contributed by atoms with Crippen molar-refractivity contribution in [1.82, 2.24) is 4.90 Å². The van der Waals surface area contributed by atoms with Crippen LogP contribution in [0.4, 0.5) is 4.79 Å². The molecule has 1 saturated carbocycles. The molecule has 0 saturated heterocycles. The van der Waals surface area contributed by atoms with Crippen molar-refractivity contribution in [2.75, 3.05) is 33.9 Å². The summed E-state index contributed by atoms with van der Waals surface area (Å²) >= 11 is 0. The fourth-order valence-electron chi connectivity index (χ4n) is 4.60. The van der Waals surface area contributed by atoms with E-state index in [0.29, 0.717) is 22.6 Å². The highest BCUT2D eigenvalue weighted by Gasteiger charge is 2.58. The van der Waals surface area contributed by atoms with E-state index in [1.54, 1.807) is 31.2 Å². The second kappa shape index (κ2) is 8.99. The summed E-state index contributed by atoms with van der Waals surface area (Å²) in [5, 5.41) is 38.9. The normalized spacial score (nSPS) is 23.5. The van der Waals surface area contributed by atoms with E-state index in [2.05, 4.69) is 6.07 Å². The van der Waals surface area contributed by atoms with E-state index in [9.17, 15) is 20.6 Å². The van der Waals surface area contributed by atoms with Crippen LogP contribution in [0.25, 0.3) is 0 Å². The zero-order valence-corrected chi connectivity index (χ0v) is 18.1. The van der Waals surface area contributed by atoms with Crippen LogP contribution >= 0.6 is 0 Å². The van der Waals surface area contributed by atoms with Gasteiger partial charge in [-0.05, 0) is 30.7 Å². The lowest BCUT2D eigenvalue weighted by atomic mass is 9.54. The number of methoxy groups -OCH3 is 2. The minimum Gasteiger partial charge on any atom is -0.497 e. The maximum atomic E-state index is 12.4. The molecular weight excluding hydrogens is 410 g/mol. The van der Waals surface area contributed by atoms with E-state index >= 15 is 0 Å². The molecule has 1 aromatic rings. The van der Waals surface area contributed by atoms with Gasteiger partial charge in [-0.25, -0.2) is 4.79 Å². The number of carbonyl (C=O) groups is 1. The highest BCUT2D eigenvalue weighted by atomic mass is 16.6. The van der Waals surface area contributed by atoms with Crippen LogP contribution in [-0.2, 0) is 4.74 Å². The molecule has 32 heavy (non-hydrogen) atoms. The standard InChI is InChI=1S/C23H23N5O4/c1-4-32-22(29)28-8-7-15-17(10-24)21(27)23(12-25,13-26)20(18(15)11-28)16-9-14(30-2)5-6-19(16)31-3/h5-7,9,17-18,20,27H,4,8,11H2,1-3H3/t17?,18-,20+/m0/s1. The van der Waals surface area contributed by atoms with E-state index in [4.69, 9.17) is 19.6 Å². The van der Waals surface area contributed by atoms with Crippen LogP contribution in [-0.4, -0.2) is 50.6 Å². The summed E-state index contributed by atoms with van der Waals surface area (Å²) in [6.45, 7) is 2.25. The van der Waals surface area contributed by atoms with Gasteiger partial charge in [-0.15, -0.1) is 0 Å². The third-order valence-electron chi connectivity index (χ3n) is 6.09. The number of nitriles is 3. The van der Waals surface area contributed by atoms with Gasteiger partial charge in [0, 0.05) is 30.5 Å². The molecule has 1 aliphatic heterocycles. The van der Waals surface area contributed by atoms with Gasteiger partial charge in [-0.3, -0.25) is 0 Å². The van der Waals surface area contributed by atoms with Crippen LogP contribution in [0.3, 0.4) is 0 Å². The molecule has 9 heteroatoms. The summed E-state index contributed by atoms with van der Waals surface area (Å²) in [6, 6.07) is 11.2. The molecule has 3 atom stereocenters. The van der Waals surface area contributed by atoms with Gasteiger partial charge in [0.05, 0.1) is 44.7 Å². The van der Waals surface area contributed by atoms with E-state index in [0.717, 1.165) is 0 Å². The maximum absolute atomic E-state index is 12.4. The van der Waals surface area contributed by atoms with Crippen molar-refractivity contribution in [3.63, 3.8) is 0 Å². The van der Waals surface area contributed by atoms with Crippen molar-refractivity contribution >= 4 is 11.8 Å². The van der Waals surface area contributed by atoms with E-state index in [1.807, 2.05) is 12.1 Å². The lowest BCUT2D eigenvalue weighted by molar-refractivity contribution is 0.0991. The Kier molecular flexibility index (Phi) is 6.37. The number of hydrogen-bond acceptors (Lipinski definition) is 8. The first-order chi connectivity index (χ1) is 15.4. The highest BCUT2D eigenvalue weighted by molar-refractivity contribution is 6.01. The summed E-state index contributed by atoms with van der Waals surface area (Å²) in [5.41, 5.74) is -1.08. The number of fused-ring (bicyclic) bond motifs is 1. The van der Waals surface area contributed by atoms with Gasteiger partial charge in [0.15, 0.2) is 5.41 Å². The van der Waals surface area contributed by atoms with Crippen LogP contribution in [0.5, 0.6) is 11.5 Å². The molecule has 1 aromatic carbocycles. The van der Waals surface area contributed by atoms with Crippen molar-refractivity contribution in [3.8, 4) is 29.7 Å². The van der Waals surface area contributed by atoms with E-state index in [1.165, 1.54) is 19.1 Å². The number of hydrogen-bond donors (Lipinski definition) is 1. The quantitative estimate of drug-likeness (QED) is 0.719. The van der Waals surface area contributed by atoms with Crippen molar-refractivity contribution in [3.05, 3.63) is 35.4 Å². The first-order valence-corrected chi connectivity index (χ1v) is 10.1. The van der Waals surface area contributed by atoms with Crippen molar-refractivity contribution < 1.29 is 19.0 Å². The molecule has 3 rings (SSSR count). The Hall–Kier alpha value is -4.03. The predicted octanol–water partition coefficient (Wildman–Crippen LogP) is 3.01. The molecule has 0 radical (unpaired) electrons. The Morgan fingerprint density at radius 3 is 2.53 bits per heavy atom. The SMILES string of the molecule is CCOC(=O)N1CC=C2C(C#N)C(=N)C(C#N)(C#N)[C@H](c3cc(OC)ccc3OC)[C@H]2C1. The molecule has 1 aliphatic carbocycles. The molecule has 0 aromatic heterocycles. The number of nitrogens with zero attached hydrogens (tertiary/aromatic N) is 4. The number of rotatable bonds is 4. The number of carbonyl (C=O) groups excluding carboxylic acids is 1. The van der Waals surface area contributed by atoms with Crippen LogP contribution in [0, 0.1) is 56.7 Å². The molecule has 1 fully saturated rings. The Morgan fingerprint density at radius 1 is 1.25 bits per heavy atom. The van der Waals surface area contributed by atoms with E-state index in [-0.39, 0.29) is 25.4 Å². The largest absolute Gasteiger partial charge is 0.497 e. The van der Waals surface area contributed by atoms with Crippen molar-refractivity contribution in [2.45, 2.75) is 12.8 Å². The fourth-order valence-corrected chi connectivity index (χ4v) is 4.60. The molecule has 1 heterocycles. The molecular formula is C23H23N5O4.